The van der Waals surface area contributed by atoms with Gasteiger partial charge in [-0.15, -0.1) is 0 Å². The number of hydrogen-bond donors (Lipinski definition) is 2. The van der Waals surface area contributed by atoms with Crippen LogP contribution >= 0.6 is 0 Å². The molecule has 2 unspecified atom stereocenters. The number of nitrogens with one attached hydrogen (secondary N) is 1. The standard InChI is InChI=1S/C20H37N3O2/c1-20(2,23-9-7-17(25-3)8-10-23)13-22-19(24)16-11-14-5-4-6-15(12-16)18(14)21/h14-18H,4-13,21H2,1-3H3,(H,22,24). The Bertz CT molecular complexity index is 446. The van der Waals surface area contributed by atoms with E-state index in [0.717, 1.165) is 45.3 Å². The van der Waals surface area contributed by atoms with Crippen LogP contribution in [0.2, 0.25) is 0 Å². The monoisotopic (exact) mass is 351 g/mol. The van der Waals surface area contributed by atoms with Crippen molar-refractivity contribution in [1.82, 2.24) is 10.2 Å². The molecule has 5 heteroatoms. The molecular formula is C20H37N3O2. The van der Waals surface area contributed by atoms with Gasteiger partial charge < -0.3 is 15.8 Å². The highest BCUT2D eigenvalue weighted by Gasteiger charge is 2.41. The smallest absolute Gasteiger partial charge is 0.223 e. The summed E-state index contributed by atoms with van der Waals surface area (Å²) in [7, 11) is 1.80. The molecule has 3 aliphatic rings. The van der Waals surface area contributed by atoms with Crippen LogP contribution < -0.4 is 11.1 Å². The van der Waals surface area contributed by atoms with Crippen molar-refractivity contribution in [2.75, 3.05) is 26.7 Å². The van der Waals surface area contributed by atoms with Crippen LogP contribution in [-0.2, 0) is 9.53 Å². The molecule has 2 bridgehead atoms. The first kappa shape index (κ1) is 19.1. The Morgan fingerprint density at radius 1 is 1.16 bits per heavy atom. The SMILES string of the molecule is COC1CCN(C(C)(C)CNC(=O)C2CC3CCCC(C2)C3N)CC1. The van der Waals surface area contributed by atoms with Crippen molar-refractivity contribution in [1.29, 1.82) is 0 Å². The highest BCUT2D eigenvalue weighted by atomic mass is 16.5. The quantitative estimate of drug-likeness (QED) is 0.796. The summed E-state index contributed by atoms with van der Waals surface area (Å²) < 4.78 is 5.47. The van der Waals surface area contributed by atoms with E-state index in [1.807, 2.05) is 0 Å². The molecule has 1 aliphatic heterocycles. The second kappa shape index (κ2) is 7.93. The third-order valence-corrected chi connectivity index (χ3v) is 7.11. The van der Waals surface area contributed by atoms with Gasteiger partial charge in [0.25, 0.3) is 0 Å². The summed E-state index contributed by atoms with van der Waals surface area (Å²) in [5.41, 5.74) is 6.36. The van der Waals surface area contributed by atoms with Crippen molar-refractivity contribution in [3.63, 3.8) is 0 Å². The number of carbonyl (C=O) groups is 1. The van der Waals surface area contributed by atoms with Crippen LogP contribution in [-0.4, -0.2) is 55.2 Å². The summed E-state index contributed by atoms with van der Waals surface area (Å²) in [5, 5.41) is 3.27. The maximum absolute atomic E-state index is 12.8. The molecule has 2 aliphatic carbocycles. The third-order valence-electron chi connectivity index (χ3n) is 7.11. The molecule has 2 atom stereocenters. The molecule has 0 radical (unpaired) electrons. The van der Waals surface area contributed by atoms with Gasteiger partial charge in [0.1, 0.15) is 0 Å². The normalized spacial score (nSPS) is 34.7. The molecule has 3 fully saturated rings. The molecule has 0 aromatic heterocycles. The van der Waals surface area contributed by atoms with Crippen LogP contribution in [0.4, 0.5) is 0 Å². The number of nitrogens with zero attached hydrogens (tertiary/aromatic N) is 1. The van der Waals surface area contributed by atoms with Gasteiger partial charge in [0.05, 0.1) is 6.10 Å². The maximum atomic E-state index is 12.8. The van der Waals surface area contributed by atoms with Gasteiger partial charge in [0, 0.05) is 44.2 Å². The first-order chi connectivity index (χ1) is 11.9. The van der Waals surface area contributed by atoms with E-state index < -0.39 is 0 Å². The van der Waals surface area contributed by atoms with E-state index in [4.69, 9.17) is 10.5 Å². The van der Waals surface area contributed by atoms with E-state index >= 15 is 0 Å². The Morgan fingerprint density at radius 3 is 2.32 bits per heavy atom. The minimum Gasteiger partial charge on any atom is -0.381 e. The fourth-order valence-corrected chi connectivity index (χ4v) is 5.26. The Labute approximate surface area is 153 Å². The second-order valence-electron chi connectivity index (χ2n) is 9.15. The van der Waals surface area contributed by atoms with Crippen molar-refractivity contribution in [3.05, 3.63) is 0 Å². The summed E-state index contributed by atoms with van der Waals surface area (Å²) in [5.74, 6) is 1.54. The highest BCUT2D eigenvalue weighted by molar-refractivity contribution is 5.78. The minimum atomic E-state index is -0.00465. The zero-order valence-corrected chi connectivity index (χ0v) is 16.3. The van der Waals surface area contributed by atoms with Crippen molar-refractivity contribution in [2.45, 2.75) is 76.5 Å². The zero-order valence-electron chi connectivity index (χ0n) is 16.3. The Balaban J connectivity index is 1.48. The van der Waals surface area contributed by atoms with Crippen LogP contribution in [0.3, 0.4) is 0 Å². The lowest BCUT2D eigenvalue weighted by Crippen LogP contribution is -2.56. The molecule has 3 rings (SSSR count). The number of ether oxygens (including phenoxy) is 1. The molecule has 5 nitrogen and oxygen atoms in total. The van der Waals surface area contributed by atoms with Gasteiger partial charge in [-0.2, -0.15) is 0 Å². The molecule has 144 valence electrons. The molecular weight excluding hydrogens is 314 g/mol. The average Bonchev–Trinajstić information content (AvgIpc) is 2.59. The van der Waals surface area contributed by atoms with Gasteiger partial charge in [0.15, 0.2) is 0 Å². The molecule has 2 saturated carbocycles. The number of amides is 1. The summed E-state index contributed by atoms with van der Waals surface area (Å²) >= 11 is 0. The van der Waals surface area contributed by atoms with E-state index in [9.17, 15) is 4.79 Å². The second-order valence-corrected chi connectivity index (χ2v) is 9.15. The molecule has 1 saturated heterocycles. The first-order valence-electron chi connectivity index (χ1n) is 10.2. The van der Waals surface area contributed by atoms with Crippen LogP contribution in [0.25, 0.3) is 0 Å². The molecule has 25 heavy (non-hydrogen) atoms. The van der Waals surface area contributed by atoms with Crippen molar-refractivity contribution in [2.24, 2.45) is 23.5 Å². The predicted octanol–water partition coefficient (Wildman–Crippen LogP) is 2.15. The van der Waals surface area contributed by atoms with Gasteiger partial charge in [-0.05, 0) is 64.2 Å². The third kappa shape index (κ3) is 4.37. The molecule has 0 aromatic rings. The van der Waals surface area contributed by atoms with Gasteiger partial charge in [0.2, 0.25) is 5.91 Å². The summed E-state index contributed by atoms with van der Waals surface area (Å²) in [6.45, 7) is 7.30. The predicted molar refractivity (Wildman–Crippen MR) is 100 cm³/mol. The van der Waals surface area contributed by atoms with Crippen molar-refractivity contribution < 1.29 is 9.53 Å². The van der Waals surface area contributed by atoms with E-state index in [1.54, 1.807) is 7.11 Å². The van der Waals surface area contributed by atoms with E-state index in [2.05, 4.69) is 24.1 Å². The van der Waals surface area contributed by atoms with Crippen LogP contribution in [0.5, 0.6) is 0 Å². The summed E-state index contributed by atoms with van der Waals surface area (Å²) in [4.78, 5) is 15.3. The lowest BCUT2D eigenvalue weighted by molar-refractivity contribution is -0.128. The number of likely N-dealkylation sites (tertiary alicyclic amines) is 1. The maximum Gasteiger partial charge on any atom is 0.223 e. The first-order valence-corrected chi connectivity index (χ1v) is 10.2. The largest absolute Gasteiger partial charge is 0.381 e. The molecule has 0 spiro atoms. The van der Waals surface area contributed by atoms with E-state index in [1.165, 1.54) is 19.3 Å². The van der Waals surface area contributed by atoms with Crippen molar-refractivity contribution >= 4 is 5.91 Å². The Hall–Kier alpha value is -0.650. The fraction of sp³-hybridized carbons (Fsp3) is 0.950. The van der Waals surface area contributed by atoms with E-state index in [0.29, 0.717) is 24.0 Å². The zero-order chi connectivity index (χ0) is 18.0. The average molecular weight is 352 g/mol. The number of rotatable bonds is 5. The number of piperidine rings is 1. The highest BCUT2D eigenvalue weighted by Crippen LogP contribution is 2.41. The Kier molecular flexibility index (Phi) is 6.07. The molecule has 0 aromatic carbocycles. The summed E-state index contributed by atoms with van der Waals surface area (Å²) in [6, 6.07) is 0.330. The Morgan fingerprint density at radius 2 is 1.76 bits per heavy atom. The molecule has 1 amide bonds. The lowest BCUT2D eigenvalue weighted by atomic mass is 9.65. The van der Waals surface area contributed by atoms with Crippen molar-refractivity contribution in [3.8, 4) is 0 Å². The van der Waals surface area contributed by atoms with Gasteiger partial charge in [-0.1, -0.05) is 6.42 Å². The number of hydrogen-bond acceptors (Lipinski definition) is 4. The summed E-state index contributed by atoms with van der Waals surface area (Å²) in [6.07, 6.45) is 8.25. The topological polar surface area (TPSA) is 67.6 Å². The van der Waals surface area contributed by atoms with Crippen LogP contribution in [0.1, 0.15) is 58.8 Å². The minimum absolute atomic E-state index is 0.00465. The van der Waals surface area contributed by atoms with Crippen LogP contribution in [0, 0.1) is 17.8 Å². The number of carbonyl (C=O) groups excluding carboxylic acids is 1. The number of fused-ring (bicyclic) bond motifs is 2. The fourth-order valence-electron chi connectivity index (χ4n) is 5.26. The molecule has 3 N–H and O–H groups in total. The number of nitrogens with two attached hydrogens (primary N) is 1. The van der Waals surface area contributed by atoms with Gasteiger partial charge in [-0.25, -0.2) is 0 Å². The van der Waals surface area contributed by atoms with Crippen LogP contribution in [0.15, 0.2) is 0 Å². The molecule has 1 heterocycles. The lowest BCUT2D eigenvalue weighted by Gasteiger charge is -2.45. The van der Waals surface area contributed by atoms with Gasteiger partial charge in [-0.3, -0.25) is 9.69 Å². The van der Waals surface area contributed by atoms with Gasteiger partial charge >= 0.3 is 0 Å². The number of methoxy groups -OCH3 is 1. The van der Waals surface area contributed by atoms with E-state index in [-0.39, 0.29) is 17.4 Å².